The maximum atomic E-state index is 12.4. The van der Waals surface area contributed by atoms with Gasteiger partial charge in [0.2, 0.25) is 0 Å². The van der Waals surface area contributed by atoms with Gasteiger partial charge in [-0.15, -0.1) is 0 Å². The fourth-order valence-electron chi connectivity index (χ4n) is 3.19. The van der Waals surface area contributed by atoms with Crippen LogP contribution in [0, 0.1) is 16.7 Å². The molecule has 0 saturated heterocycles. The monoisotopic (exact) mass is 342 g/mol. The van der Waals surface area contributed by atoms with Gasteiger partial charge in [0.25, 0.3) is 11.9 Å². The predicted octanol–water partition coefficient (Wildman–Crippen LogP) is 1.25. The predicted molar refractivity (Wildman–Crippen MR) is 87.3 cm³/mol. The Bertz CT molecular complexity index is 551. The van der Waals surface area contributed by atoms with Crippen LogP contribution in [0.25, 0.3) is 0 Å². The number of carboxylic acids is 2. The summed E-state index contributed by atoms with van der Waals surface area (Å²) in [7, 11) is 0. The first-order valence-corrected chi connectivity index (χ1v) is 7.43. The van der Waals surface area contributed by atoms with Crippen LogP contribution in [-0.2, 0) is 14.4 Å². The highest BCUT2D eigenvalue weighted by Crippen LogP contribution is 2.54. The van der Waals surface area contributed by atoms with Crippen LogP contribution in [0.4, 0.5) is 0 Å². The van der Waals surface area contributed by atoms with E-state index in [0.29, 0.717) is 5.57 Å². The number of aliphatic hydroxyl groups is 2. The molecule has 3 rings (SSSR count). The summed E-state index contributed by atoms with van der Waals surface area (Å²) >= 11 is 0. The van der Waals surface area contributed by atoms with E-state index in [2.05, 4.69) is 0 Å². The zero-order valence-electron chi connectivity index (χ0n) is 14.7. The summed E-state index contributed by atoms with van der Waals surface area (Å²) in [5.74, 6) is -1.61. The molecule has 136 valence electrons. The molecule has 2 unspecified atom stereocenters. The number of hydrogen-bond donors (Lipinski definition) is 4. The first-order valence-electron chi connectivity index (χ1n) is 7.43. The maximum Gasteiger partial charge on any atom is 0.300 e. The lowest BCUT2D eigenvalue weighted by Crippen LogP contribution is -2.52. The Kier molecular flexibility index (Phi) is 7.53. The molecule has 2 bridgehead atoms. The van der Waals surface area contributed by atoms with Crippen LogP contribution in [0.5, 0.6) is 0 Å². The molecule has 0 radical (unpaired) electrons. The molecular weight excluding hydrogens is 316 g/mol. The number of carboxylic acid groups (broad SMARTS) is 2. The second-order valence-electron chi connectivity index (χ2n) is 6.45. The first kappa shape index (κ1) is 22.0. The number of carbonyl (C=O) groups is 3. The van der Waals surface area contributed by atoms with Crippen molar-refractivity contribution in [2.24, 2.45) is 16.7 Å². The summed E-state index contributed by atoms with van der Waals surface area (Å²) in [6, 6.07) is 0. The Morgan fingerprint density at radius 1 is 1.04 bits per heavy atom. The van der Waals surface area contributed by atoms with Crippen molar-refractivity contribution in [3.05, 3.63) is 23.3 Å². The average molecular weight is 342 g/mol. The lowest BCUT2D eigenvalue weighted by atomic mass is 9.52. The topological polar surface area (TPSA) is 132 Å². The highest BCUT2D eigenvalue weighted by molar-refractivity contribution is 5.97. The number of carbonyl (C=O) groups excluding carboxylic acids is 1. The zero-order valence-corrected chi connectivity index (χ0v) is 14.7. The average Bonchev–Trinajstić information content (AvgIpc) is 2.42. The molecule has 0 aromatic rings. The van der Waals surface area contributed by atoms with Crippen molar-refractivity contribution in [1.29, 1.82) is 0 Å². The third kappa shape index (κ3) is 4.52. The van der Waals surface area contributed by atoms with Crippen molar-refractivity contribution in [3.8, 4) is 0 Å². The molecule has 0 fully saturated rings. The number of aliphatic hydroxyl groups excluding tert-OH is 2. The quantitative estimate of drug-likeness (QED) is 0.555. The van der Waals surface area contributed by atoms with Gasteiger partial charge in [-0.2, -0.15) is 0 Å². The minimum absolute atomic E-state index is 0.0750. The van der Waals surface area contributed by atoms with E-state index in [-0.39, 0.29) is 24.9 Å². The van der Waals surface area contributed by atoms with Gasteiger partial charge < -0.3 is 20.4 Å². The molecule has 0 heterocycles. The summed E-state index contributed by atoms with van der Waals surface area (Å²) in [5, 5.41) is 33.7. The summed E-state index contributed by atoms with van der Waals surface area (Å²) in [4.78, 5) is 30.4. The van der Waals surface area contributed by atoms with Gasteiger partial charge in [-0.05, 0) is 18.1 Å². The third-order valence-electron chi connectivity index (χ3n) is 4.17. The van der Waals surface area contributed by atoms with Gasteiger partial charge >= 0.3 is 0 Å². The SMILES string of the molecule is CC(=O)O.CC(=O)O.CC12C=CC(C(CO)=C1CO)C(C)(C)C2=O. The summed E-state index contributed by atoms with van der Waals surface area (Å²) in [6.07, 6.45) is 3.86. The molecule has 2 atom stereocenters. The molecule has 0 amide bonds. The molecule has 0 spiro atoms. The number of aliphatic carboxylic acids is 2. The molecular formula is C17H26O7. The number of hydrogen-bond acceptors (Lipinski definition) is 5. The second kappa shape index (κ2) is 8.21. The number of rotatable bonds is 2. The van der Waals surface area contributed by atoms with Crippen LogP contribution in [0.1, 0.15) is 34.6 Å². The summed E-state index contributed by atoms with van der Waals surface area (Å²) < 4.78 is 0. The normalized spacial score (nSPS) is 26.1. The largest absolute Gasteiger partial charge is 0.481 e. The smallest absolute Gasteiger partial charge is 0.300 e. The van der Waals surface area contributed by atoms with Crippen LogP contribution in [-0.4, -0.2) is 51.4 Å². The minimum Gasteiger partial charge on any atom is -0.481 e. The van der Waals surface area contributed by atoms with Gasteiger partial charge in [0, 0.05) is 25.2 Å². The zero-order chi connectivity index (χ0) is 19.3. The van der Waals surface area contributed by atoms with Crippen LogP contribution in [0.2, 0.25) is 0 Å². The molecule has 0 aromatic heterocycles. The Morgan fingerprint density at radius 2 is 1.46 bits per heavy atom. The molecule has 0 saturated carbocycles. The molecule has 24 heavy (non-hydrogen) atoms. The van der Waals surface area contributed by atoms with Crippen LogP contribution >= 0.6 is 0 Å². The van der Waals surface area contributed by atoms with E-state index in [0.717, 1.165) is 19.4 Å². The molecule has 3 aliphatic carbocycles. The van der Waals surface area contributed by atoms with Gasteiger partial charge in [0.1, 0.15) is 0 Å². The van der Waals surface area contributed by atoms with Crippen LogP contribution in [0.3, 0.4) is 0 Å². The van der Waals surface area contributed by atoms with Crippen molar-refractivity contribution in [2.45, 2.75) is 34.6 Å². The molecule has 0 aromatic carbocycles. The van der Waals surface area contributed by atoms with E-state index in [1.807, 2.05) is 32.9 Å². The van der Waals surface area contributed by atoms with E-state index in [4.69, 9.17) is 19.8 Å². The summed E-state index contributed by atoms with van der Waals surface area (Å²) in [5.41, 5.74) is 0.287. The molecule has 7 nitrogen and oxygen atoms in total. The van der Waals surface area contributed by atoms with Crippen molar-refractivity contribution >= 4 is 17.7 Å². The molecule has 3 aliphatic rings. The summed E-state index contributed by atoms with van der Waals surface area (Å²) in [6.45, 7) is 7.56. The van der Waals surface area contributed by atoms with Gasteiger partial charge in [0.15, 0.2) is 5.78 Å². The first-order chi connectivity index (χ1) is 10.9. The van der Waals surface area contributed by atoms with Crippen molar-refractivity contribution in [2.75, 3.05) is 13.2 Å². The van der Waals surface area contributed by atoms with E-state index in [9.17, 15) is 15.0 Å². The number of fused-ring (bicyclic) bond motifs is 1. The fraction of sp³-hybridized carbons (Fsp3) is 0.588. The Hall–Kier alpha value is -1.99. The Labute approximate surface area is 141 Å². The number of Topliss-reactive ketones (excluding diaryl/α,β-unsaturated/α-hetero) is 1. The van der Waals surface area contributed by atoms with Crippen molar-refractivity contribution in [3.63, 3.8) is 0 Å². The molecule has 0 aliphatic heterocycles. The second-order valence-corrected chi connectivity index (χ2v) is 6.45. The Morgan fingerprint density at radius 3 is 1.79 bits per heavy atom. The number of ketones is 1. The number of allylic oxidation sites excluding steroid dienone is 2. The molecule has 4 N–H and O–H groups in total. The van der Waals surface area contributed by atoms with Crippen LogP contribution in [0.15, 0.2) is 23.3 Å². The standard InChI is InChI=1S/C13H18O3.2C2H4O2/c1-12(2)9-4-5-13(3,11(12)16)10(7-15)8(9)6-14;2*1-2(3)4/h4-5,9,14-15H,6-7H2,1-3H3;2*1H3,(H,3,4). The van der Waals surface area contributed by atoms with Crippen molar-refractivity contribution < 1.29 is 34.8 Å². The van der Waals surface area contributed by atoms with E-state index < -0.39 is 22.8 Å². The molecule has 7 heteroatoms. The third-order valence-corrected chi connectivity index (χ3v) is 4.17. The van der Waals surface area contributed by atoms with Gasteiger partial charge in [-0.25, -0.2) is 0 Å². The fourth-order valence-corrected chi connectivity index (χ4v) is 3.19. The van der Waals surface area contributed by atoms with E-state index >= 15 is 0 Å². The van der Waals surface area contributed by atoms with Crippen LogP contribution < -0.4 is 0 Å². The van der Waals surface area contributed by atoms with E-state index in [1.165, 1.54) is 0 Å². The van der Waals surface area contributed by atoms with Gasteiger partial charge in [-0.1, -0.05) is 26.0 Å². The lowest BCUT2D eigenvalue weighted by Gasteiger charge is -2.50. The lowest BCUT2D eigenvalue weighted by molar-refractivity contribution is -0.137. The van der Waals surface area contributed by atoms with E-state index in [1.54, 1.807) is 0 Å². The van der Waals surface area contributed by atoms with Gasteiger partial charge in [0.05, 0.1) is 18.6 Å². The van der Waals surface area contributed by atoms with Crippen molar-refractivity contribution in [1.82, 2.24) is 0 Å². The maximum absolute atomic E-state index is 12.4. The minimum atomic E-state index is -0.833. The highest BCUT2D eigenvalue weighted by Gasteiger charge is 2.55. The van der Waals surface area contributed by atoms with Gasteiger partial charge in [-0.3, -0.25) is 14.4 Å². The Balaban J connectivity index is 0.000000558. The highest BCUT2D eigenvalue weighted by atomic mass is 16.4.